The van der Waals surface area contributed by atoms with E-state index >= 15 is 0 Å². The van der Waals surface area contributed by atoms with Crippen molar-refractivity contribution in [1.82, 2.24) is 10.6 Å². The van der Waals surface area contributed by atoms with Gasteiger partial charge in [-0.2, -0.15) is 0 Å². The first-order chi connectivity index (χ1) is 9.29. The van der Waals surface area contributed by atoms with Crippen LogP contribution in [0.3, 0.4) is 0 Å². The van der Waals surface area contributed by atoms with Gasteiger partial charge in [0.15, 0.2) is 0 Å². The Balaban J connectivity index is 0.00000200. The Labute approximate surface area is 126 Å². The van der Waals surface area contributed by atoms with Gasteiger partial charge in [-0.15, -0.1) is 12.4 Å². The lowest BCUT2D eigenvalue weighted by Gasteiger charge is -2.09. The zero-order valence-corrected chi connectivity index (χ0v) is 12.7. The number of nitrogens with one attached hydrogen (secondary N) is 2. The summed E-state index contributed by atoms with van der Waals surface area (Å²) in [6.45, 7) is 5.52. The molecule has 1 atom stereocenters. The third kappa shape index (κ3) is 5.02. The van der Waals surface area contributed by atoms with Crippen LogP contribution in [0.15, 0.2) is 24.3 Å². The summed E-state index contributed by atoms with van der Waals surface area (Å²) in [5.74, 6) is 1.51. The number of hydrogen-bond acceptors (Lipinski definition) is 3. The van der Waals surface area contributed by atoms with Crippen LogP contribution >= 0.6 is 12.4 Å². The van der Waals surface area contributed by atoms with Crippen LogP contribution in [0.2, 0.25) is 0 Å². The van der Waals surface area contributed by atoms with Crippen molar-refractivity contribution >= 4 is 18.3 Å². The van der Waals surface area contributed by atoms with Crippen molar-refractivity contribution in [2.24, 2.45) is 5.92 Å². The van der Waals surface area contributed by atoms with E-state index in [1.807, 2.05) is 19.1 Å². The topological polar surface area (TPSA) is 50.4 Å². The number of hydrogen-bond donors (Lipinski definition) is 2. The largest absolute Gasteiger partial charge is 0.494 e. The summed E-state index contributed by atoms with van der Waals surface area (Å²) in [6, 6.07) is 7.27. The number of carbonyl (C=O) groups is 1. The summed E-state index contributed by atoms with van der Waals surface area (Å²) in [6.07, 6.45) is 2.27. The fourth-order valence-electron chi connectivity index (χ4n) is 2.32. The molecule has 0 aliphatic carbocycles. The van der Waals surface area contributed by atoms with Gasteiger partial charge in [0, 0.05) is 12.1 Å². The summed E-state index contributed by atoms with van der Waals surface area (Å²) in [4.78, 5) is 11.9. The van der Waals surface area contributed by atoms with E-state index in [1.54, 1.807) is 12.1 Å². The Bertz CT molecular complexity index is 403. The molecule has 1 amide bonds. The van der Waals surface area contributed by atoms with Crippen LogP contribution in [0.25, 0.3) is 0 Å². The normalized spacial score (nSPS) is 17.4. The average molecular weight is 299 g/mol. The second-order valence-corrected chi connectivity index (χ2v) is 4.86. The highest BCUT2D eigenvalue weighted by Gasteiger charge is 2.14. The monoisotopic (exact) mass is 298 g/mol. The SMILES string of the molecule is CCOc1ccc(C(=O)NCCC2CCNC2)cc1.Cl. The Morgan fingerprint density at radius 1 is 1.40 bits per heavy atom. The van der Waals surface area contributed by atoms with Crippen LogP contribution in [-0.2, 0) is 0 Å². The molecule has 112 valence electrons. The lowest BCUT2D eigenvalue weighted by atomic mass is 10.1. The molecule has 1 aromatic carbocycles. The molecule has 1 saturated heterocycles. The van der Waals surface area contributed by atoms with Gasteiger partial charge in [0.25, 0.3) is 5.91 Å². The van der Waals surface area contributed by atoms with Crippen LogP contribution < -0.4 is 15.4 Å². The quantitative estimate of drug-likeness (QED) is 0.847. The molecule has 1 fully saturated rings. The lowest BCUT2D eigenvalue weighted by Crippen LogP contribution is -2.26. The van der Waals surface area contributed by atoms with Gasteiger partial charge in [-0.05, 0) is 63.0 Å². The minimum atomic E-state index is -0.00555. The molecule has 20 heavy (non-hydrogen) atoms. The molecule has 0 radical (unpaired) electrons. The fourth-order valence-corrected chi connectivity index (χ4v) is 2.32. The molecule has 5 heteroatoms. The van der Waals surface area contributed by atoms with Gasteiger partial charge < -0.3 is 15.4 Å². The molecule has 1 aliphatic rings. The lowest BCUT2D eigenvalue weighted by molar-refractivity contribution is 0.0951. The van der Waals surface area contributed by atoms with Gasteiger partial charge in [-0.3, -0.25) is 4.79 Å². The van der Waals surface area contributed by atoms with E-state index in [2.05, 4.69) is 10.6 Å². The van der Waals surface area contributed by atoms with E-state index in [1.165, 1.54) is 6.42 Å². The van der Waals surface area contributed by atoms with Crippen molar-refractivity contribution in [3.63, 3.8) is 0 Å². The van der Waals surface area contributed by atoms with E-state index in [0.29, 0.717) is 18.1 Å². The predicted molar refractivity (Wildman–Crippen MR) is 82.8 cm³/mol. The minimum absolute atomic E-state index is 0. The maximum Gasteiger partial charge on any atom is 0.251 e. The molecule has 0 saturated carbocycles. The van der Waals surface area contributed by atoms with Gasteiger partial charge in [-0.25, -0.2) is 0 Å². The van der Waals surface area contributed by atoms with E-state index in [-0.39, 0.29) is 18.3 Å². The molecule has 0 aromatic heterocycles. The van der Waals surface area contributed by atoms with Crippen molar-refractivity contribution in [2.45, 2.75) is 19.8 Å². The molecular weight excluding hydrogens is 276 g/mol. The van der Waals surface area contributed by atoms with Crippen molar-refractivity contribution < 1.29 is 9.53 Å². The summed E-state index contributed by atoms with van der Waals surface area (Å²) in [5.41, 5.74) is 0.688. The summed E-state index contributed by atoms with van der Waals surface area (Å²) in [5, 5.41) is 6.30. The average Bonchev–Trinajstić information content (AvgIpc) is 2.93. The number of amides is 1. The van der Waals surface area contributed by atoms with Crippen molar-refractivity contribution in [3.8, 4) is 5.75 Å². The third-order valence-electron chi connectivity index (χ3n) is 3.43. The van der Waals surface area contributed by atoms with Crippen LogP contribution in [0.1, 0.15) is 30.1 Å². The number of ether oxygens (including phenoxy) is 1. The maximum absolute atomic E-state index is 11.9. The molecule has 0 bridgehead atoms. The summed E-state index contributed by atoms with van der Waals surface area (Å²) < 4.78 is 5.35. The molecule has 2 N–H and O–H groups in total. The summed E-state index contributed by atoms with van der Waals surface area (Å²) >= 11 is 0. The highest BCUT2D eigenvalue weighted by Crippen LogP contribution is 2.13. The van der Waals surface area contributed by atoms with Crippen molar-refractivity contribution in [2.75, 3.05) is 26.2 Å². The molecule has 4 nitrogen and oxygen atoms in total. The molecule has 1 heterocycles. The van der Waals surface area contributed by atoms with E-state index in [0.717, 1.165) is 31.8 Å². The standard InChI is InChI=1S/C15H22N2O2.ClH/c1-2-19-14-5-3-13(4-6-14)15(18)17-10-8-12-7-9-16-11-12;/h3-6,12,16H,2,7-11H2,1H3,(H,17,18);1H. The molecule has 0 spiro atoms. The van der Waals surface area contributed by atoms with Crippen molar-refractivity contribution in [3.05, 3.63) is 29.8 Å². The zero-order valence-electron chi connectivity index (χ0n) is 11.9. The Morgan fingerprint density at radius 3 is 2.75 bits per heavy atom. The fraction of sp³-hybridized carbons (Fsp3) is 0.533. The predicted octanol–water partition coefficient (Wildman–Crippen LogP) is 2.24. The molecular formula is C15H23ClN2O2. The highest BCUT2D eigenvalue weighted by molar-refractivity contribution is 5.94. The molecule has 2 rings (SSSR count). The van der Waals surface area contributed by atoms with E-state index in [9.17, 15) is 4.79 Å². The smallest absolute Gasteiger partial charge is 0.251 e. The van der Waals surface area contributed by atoms with Crippen LogP contribution in [0.5, 0.6) is 5.75 Å². The van der Waals surface area contributed by atoms with Gasteiger partial charge in [0.2, 0.25) is 0 Å². The first-order valence-electron chi connectivity index (χ1n) is 7.01. The maximum atomic E-state index is 11.9. The van der Waals surface area contributed by atoms with Gasteiger partial charge in [0.1, 0.15) is 5.75 Å². The number of benzene rings is 1. The molecule has 1 aliphatic heterocycles. The first-order valence-corrected chi connectivity index (χ1v) is 7.01. The van der Waals surface area contributed by atoms with Crippen LogP contribution in [0.4, 0.5) is 0 Å². The van der Waals surface area contributed by atoms with Crippen LogP contribution in [0, 0.1) is 5.92 Å². The Kier molecular flexibility index (Phi) is 7.41. The first kappa shape index (κ1) is 16.8. The Hall–Kier alpha value is -1.26. The number of carbonyl (C=O) groups excluding carboxylic acids is 1. The molecule has 1 unspecified atom stereocenters. The minimum Gasteiger partial charge on any atom is -0.494 e. The van der Waals surface area contributed by atoms with Crippen LogP contribution in [-0.4, -0.2) is 32.1 Å². The van der Waals surface area contributed by atoms with Gasteiger partial charge in [-0.1, -0.05) is 0 Å². The third-order valence-corrected chi connectivity index (χ3v) is 3.43. The van der Waals surface area contributed by atoms with Gasteiger partial charge in [0.05, 0.1) is 6.61 Å². The number of halogens is 1. The zero-order chi connectivity index (χ0) is 13.5. The number of rotatable bonds is 6. The molecule has 1 aromatic rings. The Morgan fingerprint density at radius 2 is 2.15 bits per heavy atom. The highest BCUT2D eigenvalue weighted by atomic mass is 35.5. The second-order valence-electron chi connectivity index (χ2n) is 4.86. The van der Waals surface area contributed by atoms with Crippen molar-refractivity contribution in [1.29, 1.82) is 0 Å². The van der Waals surface area contributed by atoms with E-state index in [4.69, 9.17) is 4.74 Å². The van der Waals surface area contributed by atoms with Gasteiger partial charge >= 0.3 is 0 Å². The summed E-state index contributed by atoms with van der Waals surface area (Å²) in [7, 11) is 0. The second kappa shape index (κ2) is 8.82. The van der Waals surface area contributed by atoms with E-state index < -0.39 is 0 Å².